The van der Waals surface area contributed by atoms with Crippen LogP contribution in [-0.4, -0.2) is 42.3 Å². The van der Waals surface area contributed by atoms with Crippen molar-refractivity contribution in [1.29, 1.82) is 0 Å². The van der Waals surface area contributed by atoms with Gasteiger partial charge in [-0.3, -0.25) is 14.4 Å². The molecule has 1 aliphatic heterocycles. The zero-order chi connectivity index (χ0) is 22.3. The number of esters is 1. The number of Topliss-reactive ketones (excluding diaryl/α,β-unsaturated/α-hetero) is 1. The van der Waals surface area contributed by atoms with Crippen LogP contribution in [-0.2, 0) is 20.7 Å². The molecule has 1 fully saturated rings. The molecule has 1 saturated heterocycles. The Morgan fingerprint density at radius 2 is 1.74 bits per heavy atom. The van der Waals surface area contributed by atoms with Crippen LogP contribution < -0.4 is 0 Å². The Morgan fingerprint density at radius 1 is 1.03 bits per heavy atom. The van der Waals surface area contributed by atoms with Crippen LogP contribution in [0.15, 0.2) is 54.6 Å². The summed E-state index contributed by atoms with van der Waals surface area (Å²) in [6.45, 7) is 2.79. The molecule has 2 aromatic carbocycles. The second-order valence-corrected chi connectivity index (χ2v) is 8.01. The van der Waals surface area contributed by atoms with Gasteiger partial charge in [-0.15, -0.1) is 0 Å². The molecule has 1 atom stereocenters. The molecule has 164 valence electrons. The molecule has 0 aliphatic carbocycles. The van der Waals surface area contributed by atoms with Crippen molar-refractivity contribution in [2.75, 3.05) is 19.7 Å². The molecule has 0 aromatic heterocycles. The summed E-state index contributed by atoms with van der Waals surface area (Å²) in [5.74, 6) is -0.889. The first-order chi connectivity index (χ1) is 14.9. The minimum atomic E-state index is -0.870. The fourth-order valence-corrected chi connectivity index (χ4v) is 4.15. The second kappa shape index (κ2) is 10.3. The van der Waals surface area contributed by atoms with E-state index in [2.05, 4.69) is 0 Å². The Kier molecular flexibility index (Phi) is 7.55. The molecule has 0 saturated carbocycles. The number of benzene rings is 2. The molecule has 5 nitrogen and oxygen atoms in total. The third-order valence-corrected chi connectivity index (χ3v) is 5.76. The Bertz CT molecular complexity index is 913. The molecule has 1 aliphatic rings. The van der Waals surface area contributed by atoms with Gasteiger partial charge in [0.1, 0.15) is 5.82 Å². The van der Waals surface area contributed by atoms with Gasteiger partial charge in [-0.05, 0) is 43.9 Å². The van der Waals surface area contributed by atoms with E-state index < -0.39 is 5.41 Å². The number of halogens is 1. The lowest BCUT2D eigenvalue weighted by molar-refractivity contribution is -0.160. The Morgan fingerprint density at radius 3 is 2.42 bits per heavy atom. The average molecular weight is 426 g/mol. The van der Waals surface area contributed by atoms with Crippen molar-refractivity contribution in [1.82, 2.24) is 4.90 Å². The lowest BCUT2D eigenvalue weighted by Gasteiger charge is -2.41. The van der Waals surface area contributed by atoms with E-state index in [1.54, 1.807) is 48.2 Å². The number of ketones is 1. The zero-order valence-electron chi connectivity index (χ0n) is 17.8. The highest BCUT2D eigenvalue weighted by molar-refractivity contribution is 5.98. The van der Waals surface area contributed by atoms with Crippen molar-refractivity contribution in [3.8, 4) is 0 Å². The first kappa shape index (κ1) is 22.7. The van der Waals surface area contributed by atoms with Crippen LogP contribution in [0.2, 0.25) is 0 Å². The molecule has 31 heavy (non-hydrogen) atoms. The predicted molar refractivity (Wildman–Crippen MR) is 115 cm³/mol. The average Bonchev–Trinajstić information content (AvgIpc) is 2.79. The number of rotatable bonds is 8. The second-order valence-electron chi connectivity index (χ2n) is 8.01. The molecule has 1 amide bonds. The third-order valence-electron chi connectivity index (χ3n) is 5.76. The topological polar surface area (TPSA) is 63.7 Å². The summed E-state index contributed by atoms with van der Waals surface area (Å²) in [5, 5.41) is 0. The summed E-state index contributed by atoms with van der Waals surface area (Å²) >= 11 is 0. The van der Waals surface area contributed by atoms with Crippen LogP contribution in [0.5, 0.6) is 0 Å². The maximum Gasteiger partial charge on any atom is 0.314 e. The number of piperidine rings is 1. The quantitative estimate of drug-likeness (QED) is 0.470. The normalized spacial score (nSPS) is 18.5. The lowest BCUT2D eigenvalue weighted by Crippen LogP contribution is -2.51. The van der Waals surface area contributed by atoms with Gasteiger partial charge in [-0.25, -0.2) is 4.39 Å². The number of hydrogen-bond donors (Lipinski definition) is 0. The summed E-state index contributed by atoms with van der Waals surface area (Å²) in [6.07, 6.45) is 1.86. The number of hydrogen-bond acceptors (Lipinski definition) is 4. The van der Waals surface area contributed by atoms with E-state index in [4.69, 9.17) is 4.74 Å². The van der Waals surface area contributed by atoms with Gasteiger partial charge in [0.25, 0.3) is 0 Å². The van der Waals surface area contributed by atoms with E-state index in [0.717, 1.165) is 5.56 Å². The van der Waals surface area contributed by atoms with Crippen molar-refractivity contribution < 1.29 is 23.5 Å². The maximum atomic E-state index is 13.3. The summed E-state index contributed by atoms with van der Waals surface area (Å²) in [4.78, 5) is 39.8. The number of likely N-dealkylation sites (tertiary alicyclic amines) is 1. The van der Waals surface area contributed by atoms with Gasteiger partial charge >= 0.3 is 5.97 Å². The van der Waals surface area contributed by atoms with Crippen LogP contribution in [0.25, 0.3) is 0 Å². The molecule has 0 bridgehead atoms. The third kappa shape index (κ3) is 5.78. The number of ether oxygens (including phenoxy) is 1. The first-order valence-electron chi connectivity index (χ1n) is 10.7. The van der Waals surface area contributed by atoms with Crippen LogP contribution in [0, 0.1) is 11.2 Å². The standard InChI is InChI=1S/C25H28FNO4/c1-2-31-24(30)25(17-19-9-11-21(26)12-10-19)15-6-16-27(18-25)23(29)14-13-22(28)20-7-4-3-5-8-20/h3-5,7-12H,2,6,13-18H2,1H3/t25-/m0/s1. The SMILES string of the molecule is CCOC(=O)[C@]1(Cc2ccc(F)cc2)CCCN(C(=O)CCC(=O)c2ccccc2)C1. The van der Waals surface area contributed by atoms with E-state index in [0.29, 0.717) is 31.4 Å². The van der Waals surface area contributed by atoms with E-state index in [-0.39, 0.29) is 49.5 Å². The van der Waals surface area contributed by atoms with E-state index >= 15 is 0 Å². The maximum absolute atomic E-state index is 13.3. The van der Waals surface area contributed by atoms with Crippen LogP contribution >= 0.6 is 0 Å². The number of nitrogens with zero attached hydrogens (tertiary/aromatic N) is 1. The minimum absolute atomic E-state index is 0.0751. The molecular weight excluding hydrogens is 397 g/mol. The molecule has 0 N–H and O–H groups in total. The van der Waals surface area contributed by atoms with Gasteiger partial charge in [0, 0.05) is 31.5 Å². The van der Waals surface area contributed by atoms with Crippen LogP contribution in [0.1, 0.15) is 48.5 Å². The van der Waals surface area contributed by atoms with Gasteiger partial charge < -0.3 is 9.64 Å². The van der Waals surface area contributed by atoms with Gasteiger partial charge in [-0.2, -0.15) is 0 Å². The fourth-order valence-electron chi connectivity index (χ4n) is 4.15. The van der Waals surface area contributed by atoms with E-state index in [9.17, 15) is 18.8 Å². The van der Waals surface area contributed by atoms with Gasteiger partial charge in [-0.1, -0.05) is 42.5 Å². The first-order valence-corrected chi connectivity index (χ1v) is 10.7. The van der Waals surface area contributed by atoms with E-state index in [1.807, 2.05) is 6.07 Å². The van der Waals surface area contributed by atoms with Crippen LogP contribution in [0.3, 0.4) is 0 Å². The molecule has 2 aromatic rings. The Balaban J connectivity index is 1.70. The molecule has 0 radical (unpaired) electrons. The summed E-state index contributed by atoms with van der Waals surface area (Å²) in [6, 6.07) is 15.0. The molecule has 1 heterocycles. The van der Waals surface area contributed by atoms with Crippen molar-refractivity contribution in [2.45, 2.75) is 39.0 Å². The smallest absolute Gasteiger partial charge is 0.314 e. The Labute approximate surface area is 182 Å². The summed E-state index contributed by atoms with van der Waals surface area (Å²) in [5.41, 5.74) is 0.541. The zero-order valence-corrected chi connectivity index (χ0v) is 17.8. The van der Waals surface area contributed by atoms with Gasteiger partial charge in [0.15, 0.2) is 5.78 Å². The monoisotopic (exact) mass is 425 g/mol. The number of carbonyl (C=O) groups is 3. The highest BCUT2D eigenvalue weighted by Gasteiger charge is 2.44. The molecular formula is C25H28FNO4. The van der Waals surface area contributed by atoms with Gasteiger partial charge in [0.05, 0.1) is 12.0 Å². The van der Waals surface area contributed by atoms with Crippen LogP contribution in [0.4, 0.5) is 4.39 Å². The fraction of sp³-hybridized carbons (Fsp3) is 0.400. The summed E-state index contributed by atoms with van der Waals surface area (Å²) in [7, 11) is 0. The summed E-state index contributed by atoms with van der Waals surface area (Å²) < 4.78 is 18.7. The predicted octanol–water partition coefficient (Wildman–Crippen LogP) is 4.20. The van der Waals surface area contributed by atoms with Crippen molar-refractivity contribution in [3.63, 3.8) is 0 Å². The largest absolute Gasteiger partial charge is 0.466 e. The molecule has 0 spiro atoms. The Hall–Kier alpha value is -3.02. The van der Waals surface area contributed by atoms with Crippen molar-refractivity contribution in [2.24, 2.45) is 5.41 Å². The van der Waals surface area contributed by atoms with E-state index in [1.165, 1.54) is 12.1 Å². The molecule has 6 heteroatoms. The molecule has 3 rings (SSSR count). The highest BCUT2D eigenvalue weighted by atomic mass is 19.1. The molecule has 0 unspecified atom stereocenters. The number of amides is 1. The number of carbonyl (C=O) groups excluding carboxylic acids is 3. The lowest BCUT2D eigenvalue weighted by atomic mass is 9.75. The van der Waals surface area contributed by atoms with Crippen molar-refractivity contribution in [3.05, 3.63) is 71.5 Å². The minimum Gasteiger partial charge on any atom is -0.466 e. The highest BCUT2D eigenvalue weighted by Crippen LogP contribution is 2.36. The van der Waals surface area contributed by atoms with Crippen molar-refractivity contribution >= 4 is 17.7 Å². The van der Waals surface area contributed by atoms with Gasteiger partial charge in [0.2, 0.25) is 5.91 Å².